The summed E-state index contributed by atoms with van der Waals surface area (Å²) >= 11 is 0. The first kappa shape index (κ1) is 21.0. The van der Waals surface area contributed by atoms with Crippen molar-refractivity contribution < 1.29 is 30.7 Å². The number of amides is 2. The van der Waals surface area contributed by atoms with Gasteiger partial charge in [-0.25, -0.2) is 9.97 Å². The van der Waals surface area contributed by atoms with Crippen molar-refractivity contribution in [2.75, 3.05) is 5.32 Å². The van der Waals surface area contributed by atoms with Gasteiger partial charge in [-0.05, 0) is 36.3 Å². The van der Waals surface area contributed by atoms with Gasteiger partial charge in [-0.2, -0.15) is 0 Å². The zero-order valence-corrected chi connectivity index (χ0v) is 18.4. The minimum atomic E-state index is -0.841. The first-order chi connectivity index (χ1) is 14.1. The maximum Gasteiger partial charge on any atom is 0.276 e. The Morgan fingerprint density at radius 2 is 1.67 bits per heavy atom. The van der Waals surface area contributed by atoms with Gasteiger partial charge in [0, 0.05) is 32.2 Å². The van der Waals surface area contributed by atoms with Crippen LogP contribution in [0.5, 0.6) is 0 Å². The fourth-order valence-electron chi connectivity index (χ4n) is 2.73. The molecule has 2 heterocycles. The molecule has 2 aromatic heterocycles. The summed E-state index contributed by atoms with van der Waals surface area (Å²) in [7, 11) is 0. The van der Waals surface area contributed by atoms with E-state index in [2.05, 4.69) is 32.1 Å². The molecule has 0 bridgehead atoms. The Morgan fingerprint density at radius 3 is 2.43 bits per heavy atom. The quantitative estimate of drug-likeness (QED) is 0.369. The summed E-state index contributed by atoms with van der Waals surface area (Å²) in [4.78, 5) is 35.4. The number of aromatic nitrogens is 3. The van der Waals surface area contributed by atoms with E-state index in [9.17, 15) is 9.59 Å². The van der Waals surface area contributed by atoms with Crippen molar-refractivity contribution in [1.82, 2.24) is 15.0 Å². The van der Waals surface area contributed by atoms with Gasteiger partial charge in [0.2, 0.25) is 5.95 Å². The third-order valence-corrected chi connectivity index (χ3v) is 4.08. The number of nitrogens with zero attached hydrogens (tertiary/aromatic N) is 2. The zero-order chi connectivity index (χ0) is 20.2. The second-order valence-corrected chi connectivity index (χ2v) is 6.09. The molecule has 0 unspecified atom stereocenters. The number of hydrogen-bond acceptors (Lipinski definition) is 4. The summed E-state index contributed by atoms with van der Waals surface area (Å²) in [5, 5.41) is 2.63. The first-order valence-corrected chi connectivity index (χ1v) is 8.70. The number of nitrogens with one attached hydrogen (secondary N) is 3. The van der Waals surface area contributed by atoms with E-state index in [4.69, 9.17) is 5.73 Å². The number of aromatic amines is 1. The van der Waals surface area contributed by atoms with Gasteiger partial charge in [0.1, 0.15) is 11.4 Å². The van der Waals surface area contributed by atoms with Crippen LogP contribution in [0.25, 0.3) is 16.8 Å². The van der Waals surface area contributed by atoms with E-state index in [-0.39, 0.29) is 38.3 Å². The van der Waals surface area contributed by atoms with Crippen molar-refractivity contribution in [2.24, 2.45) is 0 Å². The number of fused-ring (bicyclic) bond motifs is 1. The summed E-state index contributed by atoms with van der Waals surface area (Å²) in [6, 6.07) is 19.4. The van der Waals surface area contributed by atoms with Gasteiger partial charge in [-0.3, -0.25) is 10.1 Å². The van der Waals surface area contributed by atoms with Crippen molar-refractivity contribution in [3.63, 3.8) is 0 Å². The Hall–Kier alpha value is -3.75. The van der Waals surface area contributed by atoms with Gasteiger partial charge in [-0.1, -0.05) is 42.3 Å². The molecule has 0 fully saturated rings. The predicted molar refractivity (Wildman–Crippen MR) is 109 cm³/mol. The van der Waals surface area contributed by atoms with Crippen molar-refractivity contribution in [3.05, 3.63) is 95.0 Å². The third-order valence-electron chi connectivity index (χ3n) is 4.08. The number of anilines is 1. The Kier molecular flexibility index (Phi) is 6.41. The molecule has 0 saturated carbocycles. The molecular formula is C22H14N5O2W-. The van der Waals surface area contributed by atoms with Crippen molar-refractivity contribution in [1.29, 1.82) is 0 Å². The van der Waals surface area contributed by atoms with E-state index in [0.29, 0.717) is 16.7 Å². The van der Waals surface area contributed by atoms with Gasteiger partial charge >= 0.3 is 0 Å². The molecular weight excluding hydrogens is 550 g/mol. The topological polar surface area (TPSA) is 112 Å². The Labute approximate surface area is 186 Å². The Morgan fingerprint density at radius 1 is 0.900 bits per heavy atom. The number of imidazole rings is 1. The number of benzene rings is 2. The summed E-state index contributed by atoms with van der Waals surface area (Å²) in [6.07, 6.45) is 0. The van der Waals surface area contributed by atoms with Crippen LogP contribution in [-0.2, 0) is 21.1 Å². The van der Waals surface area contributed by atoms with Crippen molar-refractivity contribution >= 4 is 28.8 Å². The van der Waals surface area contributed by atoms with Gasteiger partial charge in [0.05, 0.1) is 16.9 Å². The van der Waals surface area contributed by atoms with E-state index in [1.54, 1.807) is 30.3 Å². The number of carbonyl (C=O) groups excluding carboxylic acids is 2. The second kappa shape index (κ2) is 9.16. The molecule has 2 aromatic carbocycles. The van der Waals surface area contributed by atoms with Crippen LogP contribution in [0.2, 0.25) is 0 Å². The summed E-state index contributed by atoms with van der Waals surface area (Å²) in [5.41, 5.74) is 9.85. The van der Waals surface area contributed by atoms with Gasteiger partial charge in [0.25, 0.3) is 5.91 Å². The second-order valence-electron chi connectivity index (χ2n) is 6.09. The van der Waals surface area contributed by atoms with Crippen LogP contribution in [0.3, 0.4) is 0 Å². The zero-order valence-electron chi connectivity index (χ0n) is 15.5. The standard InChI is InChI=1S/C22H15N5O2.W/c23-20(28)16-9-5-10-17-19(16)26-22(25-17)27-21(29)18-11-4-8-15(24-18)13-12-14-6-2-1-3-7-14;/h1-11H,(H4,23,24,25,26,27,28,29);/p-1. The van der Waals surface area contributed by atoms with Crippen LogP contribution < -0.4 is 5.32 Å². The van der Waals surface area contributed by atoms with E-state index < -0.39 is 11.8 Å². The first-order valence-electron chi connectivity index (χ1n) is 8.70. The molecule has 0 aliphatic carbocycles. The maximum atomic E-state index is 12.6. The molecule has 4 aromatic rings. The number of rotatable bonds is 3. The van der Waals surface area contributed by atoms with Gasteiger partial charge in [0.15, 0.2) is 0 Å². The largest absolute Gasteiger partial charge is 0.663 e. The molecule has 30 heavy (non-hydrogen) atoms. The molecule has 2 amide bonds. The number of para-hydroxylation sites is 1. The predicted octanol–water partition coefficient (Wildman–Crippen LogP) is 3.80. The smallest absolute Gasteiger partial charge is 0.276 e. The molecule has 146 valence electrons. The minimum Gasteiger partial charge on any atom is -0.663 e. The van der Waals surface area contributed by atoms with E-state index in [0.717, 1.165) is 5.56 Å². The average molecular weight is 564 g/mol. The summed E-state index contributed by atoms with van der Waals surface area (Å²) in [5.74, 6) is 4.80. The molecule has 7 nitrogen and oxygen atoms in total. The Bertz CT molecular complexity index is 1290. The molecule has 8 heteroatoms. The van der Waals surface area contributed by atoms with Crippen LogP contribution in [-0.4, -0.2) is 26.8 Å². The molecule has 0 radical (unpaired) electrons. The molecule has 4 rings (SSSR count). The van der Waals surface area contributed by atoms with Crippen molar-refractivity contribution in [2.45, 2.75) is 0 Å². The van der Waals surface area contributed by atoms with Crippen LogP contribution in [0, 0.1) is 11.8 Å². The molecule has 0 atom stereocenters. The van der Waals surface area contributed by atoms with Crippen LogP contribution in [0.1, 0.15) is 32.1 Å². The van der Waals surface area contributed by atoms with Crippen LogP contribution in [0.4, 0.5) is 5.95 Å². The van der Waals surface area contributed by atoms with E-state index in [1.165, 1.54) is 6.07 Å². The average Bonchev–Trinajstić information content (AvgIpc) is 3.15. The molecule has 0 saturated heterocycles. The van der Waals surface area contributed by atoms with Crippen LogP contribution in [0.15, 0.2) is 66.7 Å². The van der Waals surface area contributed by atoms with Crippen molar-refractivity contribution in [3.8, 4) is 11.8 Å². The molecule has 0 spiro atoms. The number of H-pyrrole nitrogens is 1. The molecule has 0 aliphatic heterocycles. The van der Waals surface area contributed by atoms with Crippen LogP contribution >= 0.6 is 0 Å². The molecule has 3 N–H and O–H groups in total. The maximum absolute atomic E-state index is 12.6. The minimum absolute atomic E-state index is 0. The number of hydrogen-bond donors (Lipinski definition) is 2. The number of pyridine rings is 1. The Balaban J connectivity index is 0.00000256. The fraction of sp³-hybridized carbons (Fsp3) is 0. The molecule has 0 aliphatic rings. The monoisotopic (exact) mass is 564 g/mol. The summed E-state index contributed by atoms with van der Waals surface area (Å²) < 4.78 is 0. The normalized spacial score (nSPS) is 9.87. The SMILES string of the molecule is [NH-]C(=O)c1cccc2[nH]c(NC(=O)c3cccc(C#Cc4ccccc4)n3)nc12.[W]. The van der Waals surface area contributed by atoms with E-state index in [1.807, 2.05) is 30.3 Å². The fourth-order valence-corrected chi connectivity index (χ4v) is 2.73. The number of carbonyl (C=O) groups is 2. The van der Waals surface area contributed by atoms with E-state index >= 15 is 0 Å². The van der Waals surface area contributed by atoms with Gasteiger partial charge in [-0.15, -0.1) is 0 Å². The summed E-state index contributed by atoms with van der Waals surface area (Å²) in [6.45, 7) is 0. The van der Waals surface area contributed by atoms with Gasteiger partial charge < -0.3 is 15.5 Å². The third kappa shape index (κ3) is 4.62.